The SMILES string of the molecule is Cc1cc(C)c2c(c1)N(C(=O)C1CCCNC1)CCC2. The van der Waals surface area contributed by atoms with Crippen molar-refractivity contribution in [3.63, 3.8) is 0 Å². The average Bonchev–Trinajstić information content (AvgIpc) is 2.47. The van der Waals surface area contributed by atoms with Crippen molar-refractivity contribution in [2.45, 2.75) is 39.5 Å². The molecule has 108 valence electrons. The predicted octanol–water partition coefficient (Wildman–Crippen LogP) is 2.58. The van der Waals surface area contributed by atoms with Crippen LogP contribution >= 0.6 is 0 Å². The lowest BCUT2D eigenvalue weighted by Gasteiger charge is -2.34. The van der Waals surface area contributed by atoms with Crippen LogP contribution in [-0.2, 0) is 11.2 Å². The molecule has 0 radical (unpaired) electrons. The molecule has 1 aromatic carbocycles. The predicted molar refractivity (Wildman–Crippen MR) is 82.2 cm³/mol. The lowest BCUT2D eigenvalue weighted by Crippen LogP contribution is -2.45. The van der Waals surface area contributed by atoms with Crippen LogP contribution in [0.1, 0.15) is 36.0 Å². The molecule has 2 aliphatic rings. The zero-order chi connectivity index (χ0) is 14.1. The molecular formula is C17H24N2O. The Morgan fingerprint density at radius 2 is 2.15 bits per heavy atom. The van der Waals surface area contributed by atoms with Crippen molar-refractivity contribution in [2.75, 3.05) is 24.5 Å². The van der Waals surface area contributed by atoms with Gasteiger partial charge in [0.15, 0.2) is 0 Å². The number of rotatable bonds is 1. The van der Waals surface area contributed by atoms with Crippen molar-refractivity contribution < 1.29 is 4.79 Å². The summed E-state index contributed by atoms with van der Waals surface area (Å²) >= 11 is 0. The van der Waals surface area contributed by atoms with Crippen LogP contribution in [0.4, 0.5) is 5.69 Å². The second-order valence-corrected chi connectivity index (χ2v) is 6.22. The highest BCUT2D eigenvalue weighted by Gasteiger charge is 2.30. The molecule has 1 atom stereocenters. The summed E-state index contributed by atoms with van der Waals surface area (Å²) in [6.07, 6.45) is 4.34. The number of hydrogen-bond acceptors (Lipinski definition) is 2. The number of carbonyl (C=O) groups is 1. The van der Waals surface area contributed by atoms with E-state index in [1.807, 2.05) is 0 Å². The van der Waals surface area contributed by atoms with E-state index >= 15 is 0 Å². The van der Waals surface area contributed by atoms with Gasteiger partial charge in [0, 0.05) is 18.8 Å². The fraction of sp³-hybridized carbons (Fsp3) is 0.588. The molecule has 1 fully saturated rings. The Kier molecular flexibility index (Phi) is 3.79. The van der Waals surface area contributed by atoms with Crippen molar-refractivity contribution >= 4 is 11.6 Å². The lowest BCUT2D eigenvalue weighted by molar-refractivity contribution is -0.122. The number of amides is 1. The molecule has 2 aliphatic heterocycles. The Hall–Kier alpha value is -1.35. The molecule has 3 rings (SSSR count). The standard InChI is InChI=1S/C17H24N2O/c1-12-9-13(2)15-6-4-8-19(16(15)10-12)17(20)14-5-3-7-18-11-14/h9-10,14,18H,3-8,11H2,1-2H3. The highest BCUT2D eigenvalue weighted by Crippen LogP contribution is 2.32. The minimum Gasteiger partial charge on any atom is -0.316 e. The lowest BCUT2D eigenvalue weighted by atomic mass is 9.92. The first-order chi connectivity index (χ1) is 9.66. The molecule has 3 heteroatoms. The second kappa shape index (κ2) is 5.57. The van der Waals surface area contributed by atoms with Gasteiger partial charge in [-0.3, -0.25) is 4.79 Å². The van der Waals surface area contributed by atoms with Crippen LogP contribution in [0.5, 0.6) is 0 Å². The summed E-state index contributed by atoms with van der Waals surface area (Å²) in [5.41, 5.74) is 5.13. The Balaban J connectivity index is 1.91. The summed E-state index contributed by atoms with van der Waals surface area (Å²) in [4.78, 5) is 14.9. The number of hydrogen-bond donors (Lipinski definition) is 1. The Labute approximate surface area is 121 Å². The number of carbonyl (C=O) groups excluding carboxylic acids is 1. The summed E-state index contributed by atoms with van der Waals surface area (Å²) in [6, 6.07) is 4.42. The fourth-order valence-corrected chi connectivity index (χ4v) is 3.59. The van der Waals surface area contributed by atoms with Gasteiger partial charge in [-0.2, -0.15) is 0 Å². The van der Waals surface area contributed by atoms with Crippen LogP contribution < -0.4 is 10.2 Å². The zero-order valence-electron chi connectivity index (χ0n) is 12.5. The van der Waals surface area contributed by atoms with Gasteiger partial charge in [0.25, 0.3) is 0 Å². The third-order valence-electron chi connectivity index (χ3n) is 4.61. The number of nitrogens with one attached hydrogen (secondary N) is 1. The van der Waals surface area contributed by atoms with Crippen molar-refractivity contribution in [3.05, 3.63) is 28.8 Å². The van der Waals surface area contributed by atoms with Gasteiger partial charge in [-0.15, -0.1) is 0 Å². The maximum absolute atomic E-state index is 12.8. The monoisotopic (exact) mass is 272 g/mol. The maximum Gasteiger partial charge on any atom is 0.231 e. The van der Waals surface area contributed by atoms with Crippen molar-refractivity contribution in [1.82, 2.24) is 5.32 Å². The number of benzene rings is 1. The Morgan fingerprint density at radius 3 is 2.90 bits per heavy atom. The summed E-state index contributed by atoms with van der Waals surface area (Å²) < 4.78 is 0. The summed E-state index contributed by atoms with van der Waals surface area (Å²) in [6.45, 7) is 7.06. The van der Waals surface area contributed by atoms with Gasteiger partial charge >= 0.3 is 0 Å². The van der Waals surface area contributed by atoms with Crippen LogP contribution in [0.15, 0.2) is 12.1 Å². The maximum atomic E-state index is 12.8. The van der Waals surface area contributed by atoms with Gasteiger partial charge < -0.3 is 10.2 Å². The molecule has 3 nitrogen and oxygen atoms in total. The van der Waals surface area contributed by atoms with E-state index in [4.69, 9.17) is 0 Å². The summed E-state index contributed by atoms with van der Waals surface area (Å²) in [7, 11) is 0. The van der Waals surface area contributed by atoms with Gasteiger partial charge in [0.05, 0.1) is 5.92 Å². The van der Waals surface area contributed by atoms with Gasteiger partial charge in [-0.1, -0.05) is 6.07 Å². The first-order valence-corrected chi connectivity index (χ1v) is 7.79. The molecule has 0 aliphatic carbocycles. The van der Waals surface area contributed by atoms with E-state index in [1.54, 1.807) is 0 Å². The topological polar surface area (TPSA) is 32.3 Å². The highest BCUT2D eigenvalue weighted by atomic mass is 16.2. The Morgan fingerprint density at radius 1 is 1.30 bits per heavy atom. The molecule has 0 aromatic heterocycles. The van der Waals surface area contributed by atoms with E-state index in [0.717, 1.165) is 45.3 Å². The molecular weight excluding hydrogens is 248 g/mol. The Bertz CT molecular complexity index is 518. The van der Waals surface area contributed by atoms with Crippen LogP contribution in [0, 0.1) is 19.8 Å². The van der Waals surface area contributed by atoms with Crippen LogP contribution in [0.2, 0.25) is 0 Å². The quantitative estimate of drug-likeness (QED) is 0.852. The minimum absolute atomic E-state index is 0.163. The fourth-order valence-electron chi connectivity index (χ4n) is 3.59. The molecule has 1 aromatic rings. The van der Waals surface area contributed by atoms with E-state index in [0.29, 0.717) is 5.91 Å². The van der Waals surface area contributed by atoms with E-state index in [9.17, 15) is 4.79 Å². The smallest absolute Gasteiger partial charge is 0.231 e. The van der Waals surface area contributed by atoms with E-state index in [-0.39, 0.29) is 5.92 Å². The first-order valence-electron chi connectivity index (χ1n) is 7.79. The van der Waals surface area contributed by atoms with Crippen molar-refractivity contribution in [2.24, 2.45) is 5.92 Å². The van der Waals surface area contributed by atoms with Gasteiger partial charge in [0.2, 0.25) is 5.91 Å². The molecule has 1 unspecified atom stereocenters. The van der Waals surface area contributed by atoms with Gasteiger partial charge in [-0.05, 0) is 68.8 Å². The van der Waals surface area contributed by atoms with Gasteiger partial charge in [0.1, 0.15) is 0 Å². The normalized spacial score (nSPS) is 22.5. The third-order valence-corrected chi connectivity index (χ3v) is 4.61. The van der Waals surface area contributed by atoms with Crippen LogP contribution in [0.3, 0.4) is 0 Å². The molecule has 0 spiro atoms. The highest BCUT2D eigenvalue weighted by molar-refractivity contribution is 5.96. The molecule has 1 saturated heterocycles. The number of aryl methyl sites for hydroxylation is 2. The zero-order valence-corrected chi connectivity index (χ0v) is 12.5. The largest absolute Gasteiger partial charge is 0.316 e. The molecule has 0 bridgehead atoms. The van der Waals surface area contributed by atoms with E-state index in [2.05, 4.69) is 36.2 Å². The molecule has 20 heavy (non-hydrogen) atoms. The molecule has 1 N–H and O–H groups in total. The van der Waals surface area contributed by atoms with Crippen LogP contribution in [0.25, 0.3) is 0 Å². The third kappa shape index (κ3) is 2.47. The van der Waals surface area contributed by atoms with E-state index < -0.39 is 0 Å². The minimum atomic E-state index is 0.163. The number of anilines is 1. The summed E-state index contributed by atoms with van der Waals surface area (Å²) in [5.74, 6) is 0.485. The van der Waals surface area contributed by atoms with E-state index in [1.165, 1.54) is 22.4 Å². The van der Waals surface area contributed by atoms with Crippen molar-refractivity contribution in [3.8, 4) is 0 Å². The first kappa shape index (κ1) is 13.6. The second-order valence-electron chi connectivity index (χ2n) is 6.22. The number of nitrogens with zero attached hydrogens (tertiary/aromatic N) is 1. The molecule has 2 heterocycles. The average molecular weight is 272 g/mol. The molecule has 1 amide bonds. The number of fused-ring (bicyclic) bond motifs is 1. The molecule has 0 saturated carbocycles. The van der Waals surface area contributed by atoms with Crippen LogP contribution in [-0.4, -0.2) is 25.5 Å². The van der Waals surface area contributed by atoms with Gasteiger partial charge in [-0.25, -0.2) is 0 Å². The number of piperidine rings is 1. The summed E-state index contributed by atoms with van der Waals surface area (Å²) in [5, 5.41) is 3.35. The van der Waals surface area contributed by atoms with Crippen molar-refractivity contribution in [1.29, 1.82) is 0 Å².